The third kappa shape index (κ3) is 4.36. The molecule has 0 radical (unpaired) electrons. The number of aryl methyl sites for hydroxylation is 2. The molecule has 172 valence electrons. The zero-order valence-corrected chi connectivity index (χ0v) is 18.4. The number of nitrogens with zero attached hydrogens (tertiary/aromatic N) is 4. The smallest absolute Gasteiger partial charge is 0.348 e. The molecule has 3 aromatic rings. The summed E-state index contributed by atoms with van der Waals surface area (Å²) >= 11 is 0.904. The van der Waals surface area contributed by atoms with Gasteiger partial charge >= 0.3 is 6.18 Å². The normalized spacial score (nSPS) is 15.3. The average molecular weight is 469 g/mol. The van der Waals surface area contributed by atoms with Crippen molar-refractivity contribution in [1.82, 2.24) is 24.9 Å². The molecule has 8 nitrogen and oxygen atoms in total. The van der Waals surface area contributed by atoms with E-state index in [0.29, 0.717) is 6.54 Å². The topological polar surface area (TPSA) is 93.8 Å². The number of anilines is 1. The van der Waals surface area contributed by atoms with Crippen molar-refractivity contribution in [3.8, 4) is 0 Å². The van der Waals surface area contributed by atoms with E-state index >= 15 is 0 Å². The van der Waals surface area contributed by atoms with Crippen LogP contribution in [0.2, 0.25) is 0 Å². The van der Waals surface area contributed by atoms with Gasteiger partial charge in [-0.15, -0.1) is 11.3 Å². The first-order chi connectivity index (χ1) is 15.2. The van der Waals surface area contributed by atoms with E-state index in [2.05, 4.69) is 20.8 Å². The summed E-state index contributed by atoms with van der Waals surface area (Å²) in [5.41, 5.74) is -0.724. The molecule has 32 heavy (non-hydrogen) atoms. The summed E-state index contributed by atoms with van der Waals surface area (Å²) in [7, 11) is 1.40. The van der Waals surface area contributed by atoms with Crippen LogP contribution in [0.25, 0.3) is 10.2 Å². The lowest BCUT2D eigenvalue weighted by Crippen LogP contribution is -2.36. The lowest BCUT2D eigenvalue weighted by Gasteiger charge is -2.22. The van der Waals surface area contributed by atoms with E-state index in [1.807, 2.05) is 6.92 Å². The SMILES string of the molecule is CCn1cc(NC(=O)c2cc3c(C(F)(F)F)nn(C)c3s2)c(C(=O)NC2CCCCC2)n1. The monoisotopic (exact) mass is 468 g/mol. The number of aromatic nitrogens is 4. The van der Waals surface area contributed by atoms with Crippen LogP contribution in [0.15, 0.2) is 12.3 Å². The Morgan fingerprint density at radius 1 is 1.19 bits per heavy atom. The summed E-state index contributed by atoms with van der Waals surface area (Å²) in [6.07, 6.45) is 1.99. The number of halogens is 3. The molecule has 0 aliphatic heterocycles. The van der Waals surface area contributed by atoms with Crippen LogP contribution in [0, 0.1) is 0 Å². The molecule has 2 amide bonds. The fourth-order valence-corrected chi connectivity index (χ4v) is 4.86. The van der Waals surface area contributed by atoms with Crippen molar-refractivity contribution < 1.29 is 22.8 Å². The van der Waals surface area contributed by atoms with Gasteiger partial charge in [0.25, 0.3) is 11.8 Å². The van der Waals surface area contributed by atoms with Crippen LogP contribution >= 0.6 is 11.3 Å². The minimum atomic E-state index is -4.62. The van der Waals surface area contributed by atoms with E-state index in [-0.39, 0.29) is 38.4 Å². The Balaban J connectivity index is 1.58. The van der Waals surface area contributed by atoms with Crippen LogP contribution in [-0.2, 0) is 19.8 Å². The summed E-state index contributed by atoms with van der Waals surface area (Å²) in [4.78, 5) is 26.0. The predicted molar refractivity (Wildman–Crippen MR) is 114 cm³/mol. The number of amides is 2. The Labute approximate surface area is 185 Å². The quantitative estimate of drug-likeness (QED) is 0.587. The molecule has 2 N–H and O–H groups in total. The average Bonchev–Trinajstić information content (AvgIpc) is 3.43. The van der Waals surface area contributed by atoms with Crippen molar-refractivity contribution in [2.75, 3.05) is 5.32 Å². The van der Waals surface area contributed by atoms with Crippen molar-refractivity contribution in [3.63, 3.8) is 0 Å². The summed E-state index contributed by atoms with van der Waals surface area (Å²) in [6.45, 7) is 2.34. The lowest BCUT2D eigenvalue weighted by atomic mass is 9.95. The molecular formula is C20H23F3N6O2S. The third-order valence-electron chi connectivity index (χ3n) is 5.49. The highest BCUT2D eigenvalue weighted by atomic mass is 32.1. The molecule has 12 heteroatoms. The highest BCUT2D eigenvalue weighted by Gasteiger charge is 2.37. The fourth-order valence-electron chi connectivity index (χ4n) is 3.89. The maximum Gasteiger partial charge on any atom is 0.435 e. The number of carbonyl (C=O) groups is 2. The second-order valence-electron chi connectivity index (χ2n) is 7.81. The fraction of sp³-hybridized carbons (Fsp3) is 0.500. The minimum absolute atomic E-state index is 0.0717. The van der Waals surface area contributed by atoms with Crippen molar-refractivity contribution in [3.05, 3.63) is 28.5 Å². The second-order valence-corrected chi connectivity index (χ2v) is 8.84. The highest BCUT2D eigenvalue weighted by molar-refractivity contribution is 7.20. The van der Waals surface area contributed by atoms with Gasteiger partial charge in [-0.05, 0) is 25.8 Å². The summed E-state index contributed by atoms with van der Waals surface area (Å²) < 4.78 is 42.3. The maximum atomic E-state index is 13.2. The summed E-state index contributed by atoms with van der Waals surface area (Å²) in [6, 6.07) is 1.25. The first-order valence-corrected chi connectivity index (χ1v) is 11.2. The Morgan fingerprint density at radius 3 is 2.56 bits per heavy atom. The minimum Gasteiger partial charge on any atom is -0.348 e. The van der Waals surface area contributed by atoms with Gasteiger partial charge < -0.3 is 10.6 Å². The van der Waals surface area contributed by atoms with Gasteiger partial charge in [-0.1, -0.05) is 19.3 Å². The second kappa shape index (κ2) is 8.57. The first-order valence-electron chi connectivity index (χ1n) is 10.4. The highest BCUT2D eigenvalue weighted by Crippen LogP contribution is 2.37. The van der Waals surface area contributed by atoms with Crippen LogP contribution < -0.4 is 10.6 Å². The van der Waals surface area contributed by atoms with Gasteiger partial charge in [0.15, 0.2) is 11.4 Å². The number of rotatable bonds is 5. The van der Waals surface area contributed by atoms with Crippen LogP contribution in [0.5, 0.6) is 0 Å². The number of fused-ring (bicyclic) bond motifs is 1. The molecule has 1 fully saturated rings. The van der Waals surface area contributed by atoms with E-state index < -0.39 is 17.8 Å². The Kier molecular flexibility index (Phi) is 5.97. The van der Waals surface area contributed by atoms with Gasteiger partial charge in [0.05, 0.1) is 10.6 Å². The van der Waals surface area contributed by atoms with Crippen LogP contribution in [0.3, 0.4) is 0 Å². The Bertz CT molecular complexity index is 1160. The van der Waals surface area contributed by atoms with Crippen molar-refractivity contribution in [2.24, 2.45) is 7.05 Å². The first kappa shape index (κ1) is 22.3. The van der Waals surface area contributed by atoms with Crippen LogP contribution in [-0.4, -0.2) is 37.4 Å². The molecule has 0 saturated heterocycles. The number of alkyl halides is 3. The molecule has 1 aliphatic carbocycles. The molecular weight excluding hydrogens is 445 g/mol. The Hall–Kier alpha value is -2.89. The maximum absolute atomic E-state index is 13.2. The molecule has 0 bridgehead atoms. The molecule has 0 unspecified atom stereocenters. The molecule has 3 aromatic heterocycles. The molecule has 3 heterocycles. The lowest BCUT2D eigenvalue weighted by molar-refractivity contribution is -0.140. The zero-order valence-electron chi connectivity index (χ0n) is 17.6. The molecule has 4 rings (SSSR count). The predicted octanol–water partition coefficient (Wildman–Crippen LogP) is 4.18. The van der Waals surface area contributed by atoms with Gasteiger partial charge in [-0.25, -0.2) is 0 Å². The van der Waals surface area contributed by atoms with Crippen LogP contribution in [0.4, 0.5) is 18.9 Å². The molecule has 0 spiro atoms. The Morgan fingerprint density at radius 2 is 1.91 bits per heavy atom. The van der Waals surface area contributed by atoms with E-state index in [9.17, 15) is 22.8 Å². The van der Waals surface area contributed by atoms with E-state index in [1.165, 1.54) is 17.8 Å². The van der Waals surface area contributed by atoms with Gasteiger partial charge in [-0.2, -0.15) is 23.4 Å². The van der Waals surface area contributed by atoms with Gasteiger partial charge in [0.1, 0.15) is 4.83 Å². The summed E-state index contributed by atoms with van der Waals surface area (Å²) in [5, 5.41) is 13.3. The molecule has 0 atom stereocenters. The molecule has 1 aliphatic rings. The van der Waals surface area contributed by atoms with Crippen LogP contribution in [0.1, 0.15) is 64.9 Å². The zero-order chi connectivity index (χ0) is 23.0. The van der Waals surface area contributed by atoms with Crippen molar-refractivity contribution in [1.29, 1.82) is 0 Å². The largest absolute Gasteiger partial charge is 0.435 e. The standard InChI is InChI=1S/C20H23F3N6O2S/c1-3-29-10-13(15(26-29)18(31)24-11-7-5-4-6-8-11)25-17(30)14-9-12-16(20(21,22)23)27-28(2)19(12)32-14/h9-11H,3-8H2,1-2H3,(H,24,31)(H,25,30). The summed E-state index contributed by atoms with van der Waals surface area (Å²) in [5.74, 6) is -0.985. The van der Waals surface area contributed by atoms with E-state index in [1.54, 1.807) is 6.20 Å². The number of carbonyl (C=O) groups excluding carboxylic acids is 2. The van der Waals surface area contributed by atoms with Crippen molar-refractivity contribution in [2.45, 2.75) is 57.8 Å². The van der Waals surface area contributed by atoms with E-state index in [4.69, 9.17) is 0 Å². The third-order valence-corrected chi connectivity index (χ3v) is 6.69. The number of thiophene rings is 1. The van der Waals surface area contributed by atoms with Gasteiger partial charge in [-0.3, -0.25) is 19.0 Å². The molecule has 0 aromatic carbocycles. The van der Waals surface area contributed by atoms with Gasteiger partial charge in [0, 0.05) is 31.2 Å². The number of hydrogen-bond acceptors (Lipinski definition) is 5. The van der Waals surface area contributed by atoms with E-state index in [0.717, 1.165) is 48.1 Å². The number of hydrogen-bond donors (Lipinski definition) is 2. The van der Waals surface area contributed by atoms with Crippen molar-refractivity contribution >= 4 is 39.1 Å². The number of nitrogens with one attached hydrogen (secondary N) is 2. The van der Waals surface area contributed by atoms with Gasteiger partial charge in [0.2, 0.25) is 0 Å². The molecule has 1 saturated carbocycles.